The quantitative estimate of drug-likeness (QED) is 0.732. The van der Waals surface area contributed by atoms with E-state index in [0.717, 1.165) is 16.8 Å². The molecule has 1 aromatic heterocycles. The van der Waals surface area contributed by atoms with Gasteiger partial charge in [0.2, 0.25) is 5.91 Å². The fourth-order valence-corrected chi connectivity index (χ4v) is 4.42. The van der Waals surface area contributed by atoms with E-state index in [4.69, 9.17) is 0 Å². The van der Waals surface area contributed by atoms with Crippen molar-refractivity contribution >= 4 is 17.8 Å². The first-order chi connectivity index (χ1) is 14.4. The van der Waals surface area contributed by atoms with Gasteiger partial charge in [0, 0.05) is 32.8 Å². The van der Waals surface area contributed by atoms with Gasteiger partial charge < -0.3 is 9.80 Å². The smallest absolute Gasteiger partial charge is 0.328 e. The molecule has 2 saturated heterocycles. The highest BCUT2D eigenvalue weighted by molar-refractivity contribution is 6.07. The van der Waals surface area contributed by atoms with E-state index in [2.05, 4.69) is 4.98 Å². The summed E-state index contributed by atoms with van der Waals surface area (Å²) in [6, 6.07) is 13.2. The number of imide groups is 1. The predicted molar refractivity (Wildman–Crippen MR) is 111 cm³/mol. The highest BCUT2D eigenvalue weighted by Crippen LogP contribution is 2.39. The van der Waals surface area contributed by atoms with E-state index >= 15 is 0 Å². The number of amides is 4. The summed E-state index contributed by atoms with van der Waals surface area (Å²) in [6.45, 7) is 4.93. The van der Waals surface area contributed by atoms with Gasteiger partial charge in [-0.2, -0.15) is 0 Å². The SMILES string of the molecule is CC(=O)N1CCC2(CC1)C(=O)N(Cc1ncccc1C)C(=O)N2Cc1ccccc1. The third kappa shape index (κ3) is 3.44. The largest absolute Gasteiger partial charge is 0.343 e. The van der Waals surface area contributed by atoms with Crippen LogP contribution in [-0.2, 0) is 22.7 Å². The first kappa shape index (κ1) is 20.1. The molecule has 1 aromatic carbocycles. The molecule has 2 aromatic rings. The molecule has 2 aliphatic rings. The average molecular weight is 406 g/mol. The van der Waals surface area contributed by atoms with Crippen LogP contribution in [0.25, 0.3) is 0 Å². The van der Waals surface area contributed by atoms with E-state index in [1.54, 1.807) is 16.0 Å². The van der Waals surface area contributed by atoms with Crippen molar-refractivity contribution in [1.29, 1.82) is 0 Å². The Hall–Kier alpha value is -3.22. The molecule has 0 atom stereocenters. The van der Waals surface area contributed by atoms with Crippen LogP contribution in [-0.4, -0.2) is 56.2 Å². The lowest BCUT2D eigenvalue weighted by atomic mass is 9.85. The van der Waals surface area contributed by atoms with Crippen LogP contribution in [0, 0.1) is 6.92 Å². The van der Waals surface area contributed by atoms with Gasteiger partial charge >= 0.3 is 6.03 Å². The minimum Gasteiger partial charge on any atom is -0.343 e. The Morgan fingerprint density at radius 2 is 1.73 bits per heavy atom. The van der Waals surface area contributed by atoms with E-state index in [9.17, 15) is 14.4 Å². The Balaban J connectivity index is 1.66. The molecule has 1 spiro atoms. The Labute approximate surface area is 176 Å². The molecule has 7 nitrogen and oxygen atoms in total. The maximum atomic E-state index is 13.6. The van der Waals surface area contributed by atoms with E-state index < -0.39 is 5.54 Å². The molecule has 2 aliphatic heterocycles. The third-order valence-electron chi connectivity index (χ3n) is 6.27. The van der Waals surface area contributed by atoms with Gasteiger partial charge in [-0.1, -0.05) is 36.4 Å². The van der Waals surface area contributed by atoms with Crippen LogP contribution in [0.5, 0.6) is 0 Å². The molecule has 0 radical (unpaired) electrons. The molecular weight excluding hydrogens is 380 g/mol. The van der Waals surface area contributed by atoms with Crippen LogP contribution in [0.15, 0.2) is 48.7 Å². The van der Waals surface area contributed by atoms with Crippen molar-refractivity contribution in [1.82, 2.24) is 19.7 Å². The molecule has 0 bridgehead atoms. The number of nitrogens with zero attached hydrogens (tertiary/aromatic N) is 4. The summed E-state index contributed by atoms with van der Waals surface area (Å²) in [5.41, 5.74) is 1.72. The molecule has 156 valence electrons. The fraction of sp³-hybridized carbons (Fsp3) is 0.391. The van der Waals surface area contributed by atoms with Crippen molar-refractivity contribution in [3.63, 3.8) is 0 Å². The van der Waals surface area contributed by atoms with Crippen LogP contribution in [0.1, 0.15) is 36.6 Å². The van der Waals surface area contributed by atoms with Crippen molar-refractivity contribution in [2.75, 3.05) is 13.1 Å². The standard InChI is InChI=1S/C23H26N4O3/c1-17-7-6-12-24-20(17)16-26-21(29)23(10-13-25(14-11-23)18(2)28)27(22(26)30)15-19-8-4-3-5-9-19/h3-9,12H,10-11,13-16H2,1-2H3. The van der Waals surface area contributed by atoms with E-state index in [1.165, 1.54) is 11.8 Å². The number of rotatable bonds is 4. The van der Waals surface area contributed by atoms with E-state index in [-0.39, 0.29) is 24.4 Å². The van der Waals surface area contributed by atoms with Gasteiger partial charge in [-0.3, -0.25) is 19.5 Å². The first-order valence-electron chi connectivity index (χ1n) is 10.3. The molecule has 4 amide bonds. The van der Waals surface area contributed by atoms with Crippen molar-refractivity contribution in [3.8, 4) is 0 Å². The predicted octanol–water partition coefficient (Wildman–Crippen LogP) is 2.74. The number of pyridine rings is 1. The van der Waals surface area contributed by atoms with Gasteiger partial charge in [-0.25, -0.2) is 4.79 Å². The van der Waals surface area contributed by atoms with Crippen LogP contribution < -0.4 is 0 Å². The van der Waals surface area contributed by atoms with Gasteiger partial charge in [-0.05, 0) is 37.0 Å². The summed E-state index contributed by atoms with van der Waals surface area (Å²) in [6.07, 6.45) is 2.57. The molecule has 4 rings (SSSR count). The number of carbonyl (C=O) groups is 3. The van der Waals surface area contributed by atoms with Gasteiger partial charge in [-0.15, -0.1) is 0 Å². The Bertz CT molecular complexity index is 967. The second kappa shape index (κ2) is 7.89. The summed E-state index contributed by atoms with van der Waals surface area (Å²) in [5, 5.41) is 0. The first-order valence-corrected chi connectivity index (χ1v) is 10.3. The lowest BCUT2D eigenvalue weighted by molar-refractivity contribution is -0.140. The van der Waals surface area contributed by atoms with Gasteiger partial charge in [0.25, 0.3) is 5.91 Å². The zero-order valence-electron chi connectivity index (χ0n) is 17.4. The maximum absolute atomic E-state index is 13.6. The van der Waals surface area contributed by atoms with Crippen molar-refractivity contribution in [3.05, 3.63) is 65.5 Å². The van der Waals surface area contributed by atoms with Crippen LogP contribution in [0.3, 0.4) is 0 Å². The van der Waals surface area contributed by atoms with Crippen LogP contribution in [0.4, 0.5) is 4.79 Å². The van der Waals surface area contributed by atoms with Crippen molar-refractivity contribution < 1.29 is 14.4 Å². The van der Waals surface area contributed by atoms with Crippen LogP contribution >= 0.6 is 0 Å². The van der Waals surface area contributed by atoms with Crippen LogP contribution in [0.2, 0.25) is 0 Å². The second-order valence-corrected chi connectivity index (χ2v) is 8.05. The molecule has 7 heteroatoms. The molecular formula is C23H26N4O3. The summed E-state index contributed by atoms with van der Waals surface area (Å²) in [7, 11) is 0. The Kier molecular flexibility index (Phi) is 5.28. The second-order valence-electron chi connectivity index (χ2n) is 8.05. The van der Waals surface area contributed by atoms with E-state index in [1.807, 2.05) is 49.4 Å². The number of hydrogen-bond donors (Lipinski definition) is 0. The number of piperidine rings is 1. The molecule has 0 aliphatic carbocycles. The zero-order chi connectivity index (χ0) is 21.3. The number of benzene rings is 1. The molecule has 2 fully saturated rings. The number of urea groups is 1. The molecule has 0 saturated carbocycles. The van der Waals surface area contributed by atoms with Gasteiger partial charge in [0.15, 0.2) is 0 Å². The number of hydrogen-bond acceptors (Lipinski definition) is 4. The summed E-state index contributed by atoms with van der Waals surface area (Å²) in [5.74, 6) is -0.186. The summed E-state index contributed by atoms with van der Waals surface area (Å²) < 4.78 is 0. The van der Waals surface area contributed by atoms with Gasteiger partial charge in [0.05, 0.1) is 12.2 Å². The third-order valence-corrected chi connectivity index (χ3v) is 6.27. The van der Waals surface area contributed by atoms with Crippen molar-refractivity contribution in [2.45, 2.75) is 45.3 Å². The fourth-order valence-electron chi connectivity index (χ4n) is 4.42. The average Bonchev–Trinajstić information content (AvgIpc) is 2.93. The monoisotopic (exact) mass is 406 g/mol. The Morgan fingerprint density at radius 1 is 1.03 bits per heavy atom. The topological polar surface area (TPSA) is 73.8 Å². The molecule has 30 heavy (non-hydrogen) atoms. The highest BCUT2D eigenvalue weighted by atomic mass is 16.2. The molecule has 0 unspecified atom stereocenters. The lowest BCUT2D eigenvalue weighted by Crippen LogP contribution is -2.56. The minimum atomic E-state index is -0.915. The zero-order valence-corrected chi connectivity index (χ0v) is 17.4. The summed E-state index contributed by atoms with van der Waals surface area (Å²) in [4.78, 5) is 48.0. The number of likely N-dealkylation sites (tertiary alicyclic amines) is 1. The lowest BCUT2D eigenvalue weighted by Gasteiger charge is -2.42. The number of aryl methyl sites for hydroxylation is 1. The highest BCUT2D eigenvalue weighted by Gasteiger charge is 2.58. The van der Waals surface area contributed by atoms with E-state index in [0.29, 0.717) is 32.5 Å². The van der Waals surface area contributed by atoms with Gasteiger partial charge in [0.1, 0.15) is 5.54 Å². The van der Waals surface area contributed by atoms with Crippen molar-refractivity contribution in [2.24, 2.45) is 0 Å². The minimum absolute atomic E-state index is 0.00259. The molecule has 0 N–H and O–H groups in total. The summed E-state index contributed by atoms with van der Waals surface area (Å²) >= 11 is 0. The molecule has 3 heterocycles. The normalized spacial score (nSPS) is 18.4. The number of carbonyl (C=O) groups excluding carboxylic acids is 3. The Morgan fingerprint density at radius 3 is 2.37 bits per heavy atom. The number of aromatic nitrogens is 1. The maximum Gasteiger partial charge on any atom is 0.328 e.